The highest BCUT2D eigenvalue weighted by atomic mass is 19.1. The first-order valence-corrected chi connectivity index (χ1v) is 12.3. The molecule has 0 bridgehead atoms. The molecule has 7 heteroatoms. The van der Waals surface area contributed by atoms with E-state index in [1.807, 2.05) is 66.9 Å². The first-order chi connectivity index (χ1) is 18.0. The number of amides is 2. The van der Waals surface area contributed by atoms with Crippen LogP contribution in [0.25, 0.3) is 5.69 Å². The highest BCUT2D eigenvalue weighted by molar-refractivity contribution is 6.03. The first kappa shape index (κ1) is 23.0. The summed E-state index contributed by atoms with van der Waals surface area (Å²) in [6.07, 6.45) is 3.65. The van der Waals surface area contributed by atoms with Crippen LogP contribution in [0.5, 0.6) is 5.75 Å². The van der Waals surface area contributed by atoms with Crippen LogP contribution in [-0.2, 0) is 4.79 Å². The van der Waals surface area contributed by atoms with Crippen molar-refractivity contribution in [2.24, 2.45) is 0 Å². The molecule has 2 amide bonds. The maximum absolute atomic E-state index is 14.2. The summed E-state index contributed by atoms with van der Waals surface area (Å²) in [4.78, 5) is 30.9. The zero-order chi connectivity index (χ0) is 25.5. The number of para-hydroxylation sites is 2. The Hall–Kier alpha value is -4.39. The van der Waals surface area contributed by atoms with Crippen LogP contribution in [0.3, 0.4) is 0 Å². The Morgan fingerprint density at radius 1 is 0.946 bits per heavy atom. The molecule has 6 rings (SSSR count). The number of halogens is 1. The quantitative estimate of drug-likeness (QED) is 0.362. The zero-order valence-electron chi connectivity index (χ0n) is 20.4. The molecule has 1 saturated carbocycles. The van der Waals surface area contributed by atoms with Crippen molar-refractivity contribution in [3.63, 3.8) is 0 Å². The van der Waals surface area contributed by atoms with Crippen LogP contribution in [0.1, 0.15) is 40.5 Å². The molecule has 0 saturated heterocycles. The van der Waals surface area contributed by atoms with Gasteiger partial charge in [-0.1, -0.05) is 30.3 Å². The average molecular weight is 496 g/mol. The molecule has 1 aromatic heterocycles. The van der Waals surface area contributed by atoms with Gasteiger partial charge >= 0.3 is 0 Å². The molecule has 1 fully saturated rings. The molecule has 1 atom stereocenters. The van der Waals surface area contributed by atoms with Crippen molar-refractivity contribution in [1.82, 2.24) is 9.47 Å². The van der Waals surface area contributed by atoms with Gasteiger partial charge in [0.15, 0.2) is 0 Å². The predicted octanol–water partition coefficient (Wildman–Crippen LogP) is 5.37. The minimum atomic E-state index is -0.474. The largest absolute Gasteiger partial charge is 0.497 e. The summed E-state index contributed by atoms with van der Waals surface area (Å²) in [5.41, 5.74) is 3.80. The molecule has 2 aliphatic rings. The highest BCUT2D eigenvalue weighted by Gasteiger charge is 2.40. The predicted molar refractivity (Wildman–Crippen MR) is 139 cm³/mol. The summed E-state index contributed by atoms with van der Waals surface area (Å²) in [5, 5.41) is 0. The number of carbonyl (C=O) groups excluding carboxylic acids is 2. The van der Waals surface area contributed by atoms with E-state index >= 15 is 0 Å². The Balaban J connectivity index is 1.40. The third-order valence-corrected chi connectivity index (χ3v) is 7.05. The zero-order valence-corrected chi connectivity index (χ0v) is 20.4. The van der Waals surface area contributed by atoms with Crippen LogP contribution in [0.4, 0.5) is 10.1 Å². The van der Waals surface area contributed by atoms with Gasteiger partial charge in [0.1, 0.15) is 24.2 Å². The number of aromatic nitrogens is 1. The lowest BCUT2D eigenvalue weighted by atomic mass is 9.97. The van der Waals surface area contributed by atoms with Gasteiger partial charge in [0.25, 0.3) is 5.91 Å². The number of hydrogen-bond donors (Lipinski definition) is 0. The Labute approximate surface area is 214 Å². The molecule has 0 N–H and O–H groups in total. The summed E-state index contributed by atoms with van der Waals surface area (Å²) >= 11 is 0. The maximum Gasteiger partial charge on any atom is 0.254 e. The third kappa shape index (κ3) is 4.16. The standard InChI is InChI=1S/C30H26FN3O3/c1-37-24-15-11-20(12-16-24)29-27-10-5-17-32(27)25-8-2-3-9-26(25)34(29)28(35)19-33(23-13-14-23)30(36)21-6-4-7-22(31)18-21/h2-12,15-18,23,29H,13-14,19H2,1H3. The van der Waals surface area contributed by atoms with Crippen LogP contribution in [0.15, 0.2) is 91.1 Å². The Bertz CT molecular complexity index is 1480. The van der Waals surface area contributed by atoms with E-state index in [0.29, 0.717) is 0 Å². The van der Waals surface area contributed by atoms with Crippen molar-refractivity contribution < 1.29 is 18.7 Å². The molecule has 2 heterocycles. The summed E-state index contributed by atoms with van der Waals surface area (Å²) < 4.78 is 21.3. The SMILES string of the molecule is COc1ccc(C2c3cccn3-c3ccccc3N2C(=O)CN(C(=O)c2cccc(F)c2)C2CC2)cc1. The lowest BCUT2D eigenvalue weighted by Gasteiger charge is -2.39. The van der Waals surface area contributed by atoms with E-state index in [-0.39, 0.29) is 30.0 Å². The number of benzene rings is 3. The van der Waals surface area contributed by atoms with Gasteiger partial charge in [0.2, 0.25) is 5.91 Å². The van der Waals surface area contributed by atoms with Gasteiger partial charge in [-0.2, -0.15) is 0 Å². The van der Waals surface area contributed by atoms with Gasteiger partial charge in [-0.3, -0.25) is 14.5 Å². The number of carbonyl (C=O) groups is 2. The van der Waals surface area contributed by atoms with Crippen molar-refractivity contribution in [2.45, 2.75) is 24.9 Å². The van der Waals surface area contributed by atoms with E-state index in [0.717, 1.165) is 41.2 Å². The average Bonchev–Trinajstić information content (AvgIpc) is 3.65. The van der Waals surface area contributed by atoms with Gasteiger partial charge in [0, 0.05) is 17.8 Å². The van der Waals surface area contributed by atoms with Gasteiger partial charge in [-0.25, -0.2) is 4.39 Å². The summed E-state index contributed by atoms with van der Waals surface area (Å²) in [6, 6.07) is 24.7. The van der Waals surface area contributed by atoms with Crippen molar-refractivity contribution in [3.05, 3.63) is 114 Å². The molecule has 3 aromatic carbocycles. The molecule has 1 aliphatic heterocycles. The summed E-state index contributed by atoms with van der Waals surface area (Å²) in [5.74, 6) is -0.269. The molecule has 37 heavy (non-hydrogen) atoms. The topological polar surface area (TPSA) is 54.8 Å². The van der Waals surface area contributed by atoms with E-state index in [1.54, 1.807) is 23.0 Å². The molecule has 1 unspecified atom stereocenters. The van der Waals surface area contributed by atoms with Crippen molar-refractivity contribution in [3.8, 4) is 11.4 Å². The third-order valence-electron chi connectivity index (χ3n) is 7.05. The van der Waals surface area contributed by atoms with Gasteiger partial charge in [-0.15, -0.1) is 0 Å². The number of ether oxygens (including phenoxy) is 1. The van der Waals surface area contributed by atoms with Crippen LogP contribution >= 0.6 is 0 Å². The molecule has 6 nitrogen and oxygen atoms in total. The van der Waals surface area contributed by atoms with E-state index in [1.165, 1.54) is 18.2 Å². The van der Waals surface area contributed by atoms with Crippen molar-refractivity contribution in [1.29, 1.82) is 0 Å². The lowest BCUT2D eigenvalue weighted by molar-refractivity contribution is -0.119. The van der Waals surface area contributed by atoms with Crippen molar-refractivity contribution >= 4 is 17.5 Å². The van der Waals surface area contributed by atoms with Crippen LogP contribution in [0.2, 0.25) is 0 Å². The number of fused-ring (bicyclic) bond motifs is 3. The van der Waals surface area contributed by atoms with E-state index in [4.69, 9.17) is 4.74 Å². The van der Waals surface area contributed by atoms with Gasteiger partial charge in [-0.05, 0) is 73.0 Å². The monoisotopic (exact) mass is 495 g/mol. The second-order valence-corrected chi connectivity index (χ2v) is 9.41. The molecular weight excluding hydrogens is 469 g/mol. The number of anilines is 1. The lowest BCUT2D eigenvalue weighted by Crippen LogP contribution is -2.47. The number of nitrogens with zero attached hydrogens (tertiary/aromatic N) is 3. The second-order valence-electron chi connectivity index (χ2n) is 9.41. The fourth-order valence-corrected chi connectivity index (χ4v) is 5.13. The van der Waals surface area contributed by atoms with E-state index < -0.39 is 11.9 Å². The molecule has 1 aliphatic carbocycles. The van der Waals surface area contributed by atoms with E-state index in [2.05, 4.69) is 4.57 Å². The Morgan fingerprint density at radius 2 is 1.70 bits per heavy atom. The number of methoxy groups -OCH3 is 1. The van der Waals surface area contributed by atoms with Crippen LogP contribution in [0, 0.1) is 5.82 Å². The highest BCUT2D eigenvalue weighted by Crippen LogP contribution is 2.43. The molecule has 186 valence electrons. The van der Waals surface area contributed by atoms with Gasteiger partial charge < -0.3 is 14.2 Å². The van der Waals surface area contributed by atoms with Crippen LogP contribution in [-0.4, -0.2) is 41.0 Å². The fourth-order valence-electron chi connectivity index (χ4n) is 5.13. The van der Waals surface area contributed by atoms with E-state index in [9.17, 15) is 14.0 Å². The molecular formula is C30H26FN3O3. The Kier molecular flexibility index (Phi) is 5.75. The molecule has 0 spiro atoms. The molecule has 0 radical (unpaired) electrons. The molecule has 4 aromatic rings. The number of hydrogen-bond acceptors (Lipinski definition) is 3. The summed E-state index contributed by atoms with van der Waals surface area (Å²) in [6.45, 7) is -0.0955. The smallest absolute Gasteiger partial charge is 0.254 e. The normalized spacial score (nSPS) is 16.1. The second kappa shape index (κ2) is 9.24. The first-order valence-electron chi connectivity index (χ1n) is 12.3. The summed E-state index contributed by atoms with van der Waals surface area (Å²) in [7, 11) is 1.62. The van der Waals surface area contributed by atoms with Crippen molar-refractivity contribution in [2.75, 3.05) is 18.6 Å². The Morgan fingerprint density at radius 3 is 2.41 bits per heavy atom. The van der Waals surface area contributed by atoms with Crippen LogP contribution < -0.4 is 9.64 Å². The number of rotatable bonds is 6. The fraction of sp³-hybridized carbons (Fsp3) is 0.200. The van der Waals surface area contributed by atoms with Gasteiger partial charge in [0.05, 0.1) is 24.2 Å². The minimum Gasteiger partial charge on any atom is -0.497 e. The maximum atomic E-state index is 14.2. The minimum absolute atomic E-state index is 0.0250.